The first-order valence-corrected chi connectivity index (χ1v) is 10.2. The maximum Gasteiger partial charge on any atom is 0.191 e. The predicted octanol–water partition coefficient (Wildman–Crippen LogP) is 2.16. The van der Waals surface area contributed by atoms with Crippen LogP contribution in [0.15, 0.2) is 35.3 Å². The standard InChI is InChI=1S/C21H35N5/c1-4-22-21(23-13-19-10-11-25(3)14-19)24-20-12-17(2)26(16-20)15-18-8-6-5-7-9-18/h5-9,17,19-20H,4,10-16H2,1-3H3,(H2,22,23,24). The lowest BCUT2D eigenvalue weighted by atomic mass is 10.1. The minimum atomic E-state index is 0.470. The minimum Gasteiger partial charge on any atom is -0.357 e. The first kappa shape index (κ1) is 19.2. The molecule has 144 valence electrons. The van der Waals surface area contributed by atoms with Gasteiger partial charge in [0.05, 0.1) is 0 Å². The largest absolute Gasteiger partial charge is 0.357 e. The van der Waals surface area contributed by atoms with Crippen molar-refractivity contribution in [3.63, 3.8) is 0 Å². The smallest absolute Gasteiger partial charge is 0.191 e. The van der Waals surface area contributed by atoms with E-state index in [4.69, 9.17) is 4.99 Å². The molecule has 0 radical (unpaired) electrons. The van der Waals surface area contributed by atoms with Crippen molar-refractivity contribution in [2.45, 2.75) is 45.3 Å². The van der Waals surface area contributed by atoms with Crippen molar-refractivity contribution >= 4 is 5.96 Å². The van der Waals surface area contributed by atoms with Crippen LogP contribution in [0.1, 0.15) is 32.3 Å². The van der Waals surface area contributed by atoms with Crippen LogP contribution in [0.4, 0.5) is 0 Å². The molecular formula is C21H35N5. The first-order chi connectivity index (χ1) is 12.6. The van der Waals surface area contributed by atoms with Gasteiger partial charge in [-0.05, 0) is 51.8 Å². The quantitative estimate of drug-likeness (QED) is 0.605. The molecule has 5 nitrogen and oxygen atoms in total. The summed E-state index contributed by atoms with van der Waals surface area (Å²) >= 11 is 0. The molecule has 2 saturated heterocycles. The van der Waals surface area contributed by atoms with Gasteiger partial charge in [-0.15, -0.1) is 0 Å². The lowest BCUT2D eigenvalue weighted by molar-refractivity contribution is 0.258. The molecule has 1 aromatic rings. The maximum atomic E-state index is 4.88. The lowest BCUT2D eigenvalue weighted by Gasteiger charge is -2.21. The van der Waals surface area contributed by atoms with Gasteiger partial charge in [0.15, 0.2) is 5.96 Å². The summed E-state index contributed by atoms with van der Waals surface area (Å²) in [4.78, 5) is 9.85. The van der Waals surface area contributed by atoms with Gasteiger partial charge in [0.1, 0.15) is 0 Å². The molecule has 1 aromatic carbocycles. The van der Waals surface area contributed by atoms with Crippen LogP contribution in [0.3, 0.4) is 0 Å². The summed E-state index contributed by atoms with van der Waals surface area (Å²) in [5, 5.41) is 7.11. The number of hydrogen-bond acceptors (Lipinski definition) is 3. The van der Waals surface area contributed by atoms with Gasteiger partial charge in [0, 0.05) is 44.8 Å². The Morgan fingerprint density at radius 3 is 2.73 bits per heavy atom. The Hall–Kier alpha value is -1.59. The van der Waals surface area contributed by atoms with Crippen LogP contribution in [0.25, 0.3) is 0 Å². The van der Waals surface area contributed by atoms with Gasteiger partial charge in [-0.25, -0.2) is 0 Å². The fourth-order valence-electron chi connectivity index (χ4n) is 4.15. The number of likely N-dealkylation sites (tertiary alicyclic amines) is 2. The van der Waals surface area contributed by atoms with Crippen LogP contribution in [0.2, 0.25) is 0 Å². The first-order valence-electron chi connectivity index (χ1n) is 10.2. The van der Waals surface area contributed by atoms with Crippen LogP contribution < -0.4 is 10.6 Å². The van der Waals surface area contributed by atoms with Crippen molar-refractivity contribution in [2.75, 3.05) is 39.8 Å². The highest BCUT2D eigenvalue weighted by Crippen LogP contribution is 2.20. The van der Waals surface area contributed by atoms with Crippen LogP contribution >= 0.6 is 0 Å². The van der Waals surface area contributed by atoms with E-state index >= 15 is 0 Å². The monoisotopic (exact) mass is 357 g/mol. The second-order valence-electron chi connectivity index (χ2n) is 7.98. The molecule has 26 heavy (non-hydrogen) atoms. The van der Waals surface area contributed by atoms with Crippen LogP contribution in [-0.4, -0.2) is 67.6 Å². The molecule has 0 saturated carbocycles. The summed E-state index contributed by atoms with van der Waals surface area (Å²) in [6, 6.07) is 11.8. The molecule has 2 N–H and O–H groups in total. The Bertz CT molecular complexity index is 573. The van der Waals surface area contributed by atoms with Crippen LogP contribution in [-0.2, 0) is 6.54 Å². The summed E-state index contributed by atoms with van der Waals surface area (Å²) in [5.41, 5.74) is 1.39. The van der Waals surface area contributed by atoms with Gasteiger partial charge in [-0.1, -0.05) is 30.3 Å². The van der Waals surface area contributed by atoms with Crippen molar-refractivity contribution in [3.05, 3.63) is 35.9 Å². The van der Waals surface area contributed by atoms with E-state index in [-0.39, 0.29) is 0 Å². The van der Waals surface area contributed by atoms with Crippen molar-refractivity contribution in [3.8, 4) is 0 Å². The molecule has 5 heteroatoms. The highest BCUT2D eigenvalue weighted by Gasteiger charge is 2.29. The van der Waals surface area contributed by atoms with Crippen molar-refractivity contribution in [2.24, 2.45) is 10.9 Å². The van der Waals surface area contributed by atoms with Gasteiger partial charge in [0.2, 0.25) is 0 Å². The fraction of sp³-hybridized carbons (Fsp3) is 0.667. The minimum absolute atomic E-state index is 0.470. The summed E-state index contributed by atoms with van der Waals surface area (Å²) < 4.78 is 0. The molecular weight excluding hydrogens is 322 g/mol. The van der Waals surface area contributed by atoms with Gasteiger partial charge in [-0.2, -0.15) is 0 Å². The zero-order valence-corrected chi connectivity index (χ0v) is 16.6. The van der Waals surface area contributed by atoms with E-state index in [1.807, 2.05) is 0 Å². The van der Waals surface area contributed by atoms with Crippen molar-refractivity contribution in [1.29, 1.82) is 0 Å². The Labute approximate surface area is 158 Å². The van der Waals surface area contributed by atoms with Gasteiger partial charge >= 0.3 is 0 Å². The number of guanidine groups is 1. The normalized spacial score (nSPS) is 27.8. The molecule has 2 aliphatic heterocycles. The van der Waals surface area contributed by atoms with Crippen molar-refractivity contribution in [1.82, 2.24) is 20.4 Å². The van der Waals surface area contributed by atoms with E-state index in [1.165, 1.54) is 31.5 Å². The summed E-state index contributed by atoms with van der Waals surface area (Å²) in [6.07, 6.45) is 2.44. The molecule has 3 unspecified atom stereocenters. The third kappa shape index (κ3) is 5.45. The molecule has 0 spiro atoms. The SMILES string of the molecule is CCNC(=NCC1CCN(C)C1)NC1CC(C)N(Cc2ccccc2)C1. The molecule has 3 atom stereocenters. The molecule has 3 rings (SSSR count). The number of rotatable bonds is 6. The van der Waals surface area contributed by atoms with E-state index in [0.29, 0.717) is 18.0 Å². The highest BCUT2D eigenvalue weighted by molar-refractivity contribution is 5.80. The molecule has 2 aliphatic rings. The molecule has 0 bridgehead atoms. The summed E-state index contributed by atoms with van der Waals surface area (Å²) in [5.74, 6) is 1.69. The third-order valence-corrected chi connectivity index (χ3v) is 5.61. The van der Waals surface area contributed by atoms with E-state index in [2.05, 4.69) is 71.7 Å². The van der Waals surface area contributed by atoms with Gasteiger partial charge < -0.3 is 15.5 Å². The molecule has 0 aliphatic carbocycles. The van der Waals surface area contributed by atoms with Gasteiger partial charge in [-0.3, -0.25) is 9.89 Å². The number of nitrogens with one attached hydrogen (secondary N) is 2. The number of nitrogens with zero attached hydrogens (tertiary/aromatic N) is 3. The fourth-order valence-corrected chi connectivity index (χ4v) is 4.15. The maximum absolute atomic E-state index is 4.88. The van der Waals surface area contributed by atoms with E-state index in [1.54, 1.807) is 0 Å². The molecule has 2 fully saturated rings. The summed E-state index contributed by atoms with van der Waals surface area (Å²) in [7, 11) is 2.20. The number of aliphatic imine (C=N–C) groups is 1. The zero-order valence-electron chi connectivity index (χ0n) is 16.6. The average molecular weight is 358 g/mol. The number of hydrogen-bond donors (Lipinski definition) is 2. The topological polar surface area (TPSA) is 42.9 Å². The molecule has 2 heterocycles. The zero-order chi connectivity index (χ0) is 18.4. The summed E-state index contributed by atoms with van der Waals surface area (Å²) in [6.45, 7) is 10.8. The Kier molecular flexibility index (Phi) is 6.92. The number of benzene rings is 1. The predicted molar refractivity (Wildman–Crippen MR) is 109 cm³/mol. The Balaban J connectivity index is 1.52. The van der Waals surface area contributed by atoms with E-state index in [0.717, 1.165) is 32.1 Å². The Morgan fingerprint density at radius 1 is 1.23 bits per heavy atom. The second-order valence-corrected chi connectivity index (χ2v) is 7.98. The average Bonchev–Trinajstić information content (AvgIpc) is 3.19. The van der Waals surface area contributed by atoms with Gasteiger partial charge in [0.25, 0.3) is 0 Å². The van der Waals surface area contributed by atoms with E-state index < -0.39 is 0 Å². The Morgan fingerprint density at radius 2 is 2.04 bits per heavy atom. The van der Waals surface area contributed by atoms with Crippen LogP contribution in [0, 0.1) is 5.92 Å². The van der Waals surface area contributed by atoms with Crippen molar-refractivity contribution < 1.29 is 0 Å². The molecule has 0 amide bonds. The highest BCUT2D eigenvalue weighted by atomic mass is 15.3. The molecule has 0 aromatic heterocycles. The second kappa shape index (κ2) is 9.38. The van der Waals surface area contributed by atoms with E-state index in [9.17, 15) is 0 Å². The third-order valence-electron chi connectivity index (χ3n) is 5.61. The van der Waals surface area contributed by atoms with Crippen LogP contribution in [0.5, 0.6) is 0 Å². The lowest BCUT2D eigenvalue weighted by Crippen LogP contribution is -2.44.